The highest BCUT2D eigenvalue weighted by Gasteiger charge is 2.23. The first-order valence-corrected chi connectivity index (χ1v) is 9.43. The summed E-state index contributed by atoms with van der Waals surface area (Å²) in [6.07, 6.45) is 0. The van der Waals surface area contributed by atoms with Gasteiger partial charge >= 0.3 is 6.03 Å². The minimum atomic E-state index is -0.735. The molecule has 0 aliphatic carbocycles. The van der Waals surface area contributed by atoms with Crippen LogP contribution >= 0.6 is 11.6 Å². The molecule has 2 amide bonds. The van der Waals surface area contributed by atoms with Crippen LogP contribution in [0.1, 0.15) is 17.5 Å². The Bertz CT molecular complexity index is 1150. The van der Waals surface area contributed by atoms with Crippen LogP contribution in [0.2, 0.25) is 5.02 Å². The Morgan fingerprint density at radius 3 is 2.47 bits per heavy atom. The summed E-state index contributed by atoms with van der Waals surface area (Å²) in [5.41, 5.74) is 1.77. The fourth-order valence-corrected chi connectivity index (χ4v) is 2.98. The molecule has 4 rings (SSSR count). The van der Waals surface area contributed by atoms with Gasteiger partial charge in [0.05, 0.1) is 0 Å². The number of amides is 2. The lowest BCUT2D eigenvalue weighted by atomic mass is 10.1. The van der Waals surface area contributed by atoms with Crippen molar-refractivity contribution in [3.05, 3.63) is 101 Å². The predicted octanol–water partition coefficient (Wildman–Crippen LogP) is 5.44. The molecule has 0 unspecified atom stereocenters. The zero-order valence-corrected chi connectivity index (χ0v) is 16.3. The number of carbonyl (C=O) groups is 1. The van der Waals surface area contributed by atoms with Crippen molar-refractivity contribution in [2.75, 3.05) is 5.32 Å². The first kappa shape index (κ1) is 19.6. The molecular formula is C22H16ClFN4O2. The van der Waals surface area contributed by atoms with Crippen molar-refractivity contribution in [1.82, 2.24) is 15.5 Å². The van der Waals surface area contributed by atoms with E-state index in [9.17, 15) is 9.18 Å². The molecule has 0 saturated heterocycles. The molecular weight excluding hydrogens is 407 g/mol. The van der Waals surface area contributed by atoms with Crippen LogP contribution < -0.4 is 10.6 Å². The fraction of sp³-hybridized carbons (Fsp3) is 0.0455. The number of hydrogen-bond donors (Lipinski definition) is 2. The minimum Gasteiger partial charge on any atom is -0.418 e. The zero-order valence-electron chi connectivity index (χ0n) is 15.5. The molecule has 1 atom stereocenters. The van der Waals surface area contributed by atoms with Crippen LogP contribution in [-0.4, -0.2) is 16.2 Å². The van der Waals surface area contributed by atoms with Gasteiger partial charge in [0.2, 0.25) is 11.8 Å². The highest BCUT2D eigenvalue weighted by molar-refractivity contribution is 6.30. The highest BCUT2D eigenvalue weighted by Crippen LogP contribution is 2.26. The molecule has 0 radical (unpaired) electrons. The standard InChI is InChI=1S/C22H16ClFN4O2/c23-16-11-9-14(10-12-16)19(26-22(29)25-18-8-4-7-17(24)13-18)21-28-27-20(30-21)15-5-2-1-3-6-15/h1-13,19H,(H2,25,26,29)/t19-/m1/s1. The molecule has 1 aromatic heterocycles. The van der Waals surface area contributed by atoms with Crippen molar-refractivity contribution in [2.24, 2.45) is 0 Å². The van der Waals surface area contributed by atoms with Crippen molar-refractivity contribution < 1.29 is 13.6 Å². The van der Waals surface area contributed by atoms with Crippen molar-refractivity contribution in [3.63, 3.8) is 0 Å². The minimum absolute atomic E-state index is 0.200. The second-order valence-electron chi connectivity index (χ2n) is 6.40. The molecule has 150 valence electrons. The van der Waals surface area contributed by atoms with Gasteiger partial charge in [0.1, 0.15) is 11.9 Å². The molecule has 0 bridgehead atoms. The lowest BCUT2D eigenvalue weighted by Crippen LogP contribution is -2.33. The molecule has 1 heterocycles. The normalized spacial score (nSPS) is 11.7. The molecule has 8 heteroatoms. The Balaban J connectivity index is 1.61. The van der Waals surface area contributed by atoms with E-state index in [1.54, 1.807) is 30.3 Å². The Morgan fingerprint density at radius 1 is 0.967 bits per heavy atom. The summed E-state index contributed by atoms with van der Waals surface area (Å²) in [4.78, 5) is 12.6. The van der Waals surface area contributed by atoms with Gasteiger partial charge < -0.3 is 15.1 Å². The molecule has 0 spiro atoms. The maximum Gasteiger partial charge on any atom is 0.320 e. The van der Waals surface area contributed by atoms with Crippen LogP contribution in [0.25, 0.3) is 11.5 Å². The maximum atomic E-state index is 13.4. The number of urea groups is 1. The van der Waals surface area contributed by atoms with E-state index in [-0.39, 0.29) is 5.89 Å². The van der Waals surface area contributed by atoms with E-state index in [1.165, 1.54) is 18.2 Å². The monoisotopic (exact) mass is 422 g/mol. The van der Waals surface area contributed by atoms with Crippen molar-refractivity contribution in [3.8, 4) is 11.5 Å². The van der Waals surface area contributed by atoms with Gasteiger partial charge in [0.15, 0.2) is 0 Å². The number of halogens is 2. The van der Waals surface area contributed by atoms with E-state index in [0.29, 0.717) is 22.2 Å². The summed E-state index contributed by atoms with van der Waals surface area (Å²) in [5.74, 6) is 0.0777. The molecule has 4 aromatic rings. The lowest BCUT2D eigenvalue weighted by molar-refractivity contribution is 0.248. The van der Waals surface area contributed by atoms with E-state index >= 15 is 0 Å². The van der Waals surface area contributed by atoms with E-state index < -0.39 is 17.9 Å². The van der Waals surface area contributed by atoms with Gasteiger partial charge in [-0.1, -0.05) is 48.0 Å². The summed E-state index contributed by atoms with van der Waals surface area (Å²) in [6.45, 7) is 0. The second-order valence-corrected chi connectivity index (χ2v) is 6.84. The molecule has 0 fully saturated rings. The highest BCUT2D eigenvalue weighted by atomic mass is 35.5. The largest absolute Gasteiger partial charge is 0.418 e. The van der Waals surface area contributed by atoms with Crippen LogP contribution in [0, 0.1) is 5.82 Å². The molecule has 6 nitrogen and oxygen atoms in total. The van der Waals surface area contributed by atoms with Crippen LogP contribution in [0.4, 0.5) is 14.9 Å². The molecule has 2 N–H and O–H groups in total. The van der Waals surface area contributed by atoms with E-state index in [1.807, 2.05) is 30.3 Å². The third kappa shape index (κ3) is 4.64. The number of hydrogen-bond acceptors (Lipinski definition) is 4. The van der Waals surface area contributed by atoms with Gasteiger partial charge in [-0.2, -0.15) is 0 Å². The number of anilines is 1. The Labute approximate surface area is 176 Å². The molecule has 0 saturated carbocycles. The topological polar surface area (TPSA) is 80.0 Å². The number of benzene rings is 3. The summed E-state index contributed by atoms with van der Waals surface area (Å²) in [7, 11) is 0. The average Bonchev–Trinajstić information content (AvgIpc) is 3.23. The summed E-state index contributed by atoms with van der Waals surface area (Å²) in [6, 6.07) is 20.5. The Kier molecular flexibility index (Phi) is 5.72. The number of nitrogens with one attached hydrogen (secondary N) is 2. The Hall–Kier alpha value is -3.71. The van der Waals surface area contributed by atoms with Gasteiger partial charge in [0, 0.05) is 16.3 Å². The lowest BCUT2D eigenvalue weighted by Gasteiger charge is -2.16. The SMILES string of the molecule is O=C(Nc1cccc(F)c1)N[C@H](c1ccc(Cl)cc1)c1nnc(-c2ccccc2)o1. The fourth-order valence-electron chi connectivity index (χ4n) is 2.86. The number of aromatic nitrogens is 2. The third-order valence-corrected chi connectivity index (χ3v) is 4.52. The average molecular weight is 423 g/mol. The van der Waals surface area contributed by atoms with Crippen molar-refractivity contribution in [2.45, 2.75) is 6.04 Å². The van der Waals surface area contributed by atoms with Crippen LogP contribution in [0.15, 0.2) is 83.3 Å². The molecule has 0 aliphatic rings. The number of carbonyl (C=O) groups excluding carboxylic acids is 1. The van der Waals surface area contributed by atoms with Gasteiger partial charge in [-0.15, -0.1) is 10.2 Å². The van der Waals surface area contributed by atoms with E-state index in [4.69, 9.17) is 16.0 Å². The molecule has 3 aromatic carbocycles. The first-order valence-electron chi connectivity index (χ1n) is 9.06. The second kappa shape index (κ2) is 8.75. The summed E-state index contributed by atoms with van der Waals surface area (Å²) in [5, 5.41) is 14.1. The summed E-state index contributed by atoms with van der Waals surface area (Å²) >= 11 is 5.99. The van der Waals surface area contributed by atoms with Crippen LogP contribution in [-0.2, 0) is 0 Å². The van der Waals surface area contributed by atoms with Gasteiger partial charge in [-0.05, 0) is 48.0 Å². The number of nitrogens with zero attached hydrogens (tertiary/aromatic N) is 2. The van der Waals surface area contributed by atoms with Crippen LogP contribution in [0.5, 0.6) is 0 Å². The quantitative estimate of drug-likeness (QED) is 0.448. The molecule has 0 aliphatic heterocycles. The first-order chi connectivity index (χ1) is 14.6. The van der Waals surface area contributed by atoms with Crippen molar-refractivity contribution in [1.29, 1.82) is 0 Å². The van der Waals surface area contributed by atoms with Gasteiger partial charge in [-0.3, -0.25) is 0 Å². The van der Waals surface area contributed by atoms with Crippen LogP contribution in [0.3, 0.4) is 0 Å². The predicted molar refractivity (Wildman–Crippen MR) is 112 cm³/mol. The smallest absolute Gasteiger partial charge is 0.320 e. The maximum absolute atomic E-state index is 13.4. The third-order valence-electron chi connectivity index (χ3n) is 4.27. The van der Waals surface area contributed by atoms with E-state index in [2.05, 4.69) is 20.8 Å². The summed E-state index contributed by atoms with van der Waals surface area (Å²) < 4.78 is 19.2. The van der Waals surface area contributed by atoms with Gasteiger partial charge in [0.25, 0.3) is 0 Å². The van der Waals surface area contributed by atoms with E-state index in [0.717, 1.165) is 5.56 Å². The Morgan fingerprint density at radius 2 is 1.73 bits per heavy atom. The molecule has 30 heavy (non-hydrogen) atoms. The number of rotatable bonds is 5. The van der Waals surface area contributed by atoms with Gasteiger partial charge in [-0.25, -0.2) is 9.18 Å². The zero-order chi connectivity index (χ0) is 20.9. The van der Waals surface area contributed by atoms with Crippen molar-refractivity contribution >= 4 is 23.3 Å².